The van der Waals surface area contributed by atoms with Crippen LogP contribution in [-0.4, -0.2) is 31.5 Å². The third-order valence-corrected chi connectivity index (χ3v) is 4.71. The summed E-state index contributed by atoms with van der Waals surface area (Å²) in [6.45, 7) is 4.35. The van der Waals surface area contributed by atoms with Crippen molar-refractivity contribution in [3.8, 4) is 0 Å². The predicted octanol–water partition coefficient (Wildman–Crippen LogP) is 3.15. The zero-order valence-electron chi connectivity index (χ0n) is 14.7. The normalized spacial score (nSPS) is 26.5. The van der Waals surface area contributed by atoms with E-state index < -0.39 is 0 Å². The summed E-state index contributed by atoms with van der Waals surface area (Å²) in [5.41, 5.74) is 8.55. The van der Waals surface area contributed by atoms with Crippen molar-refractivity contribution in [1.29, 1.82) is 0 Å². The molecule has 0 bridgehead atoms. The van der Waals surface area contributed by atoms with Gasteiger partial charge in [-0.2, -0.15) is 0 Å². The molecule has 4 nitrogen and oxygen atoms in total. The van der Waals surface area contributed by atoms with Gasteiger partial charge in [0, 0.05) is 5.92 Å². The SMILES string of the molecule is C[C@@H]1[C@H](OCc2ccccc2)C(N)CO[C@@H]1COCc1ccccc1. The van der Waals surface area contributed by atoms with Crippen molar-refractivity contribution in [3.63, 3.8) is 0 Å². The van der Waals surface area contributed by atoms with Crippen LogP contribution < -0.4 is 5.73 Å². The molecule has 1 fully saturated rings. The number of nitrogens with two attached hydrogens (primary N) is 1. The first kappa shape index (κ1) is 18.1. The molecule has 3 rings (SSSR count). The molecule has 0 saturated carbocycles. The Morgan fingerprint density at radius 2 is 1.56 bits per heavy atom. The second-order valence-electron chi connectivity index (χ2n) is 6.66. The van der Waals surface area contributed by atoms with Crippen LogP contribution in [0.25, 0.3) is 0 Å². The smallest absolute Gasteiger partial charge is 0.0860 e. The molecule has 0 aliphatic carbocycles. The highest BCUT2D eigenvalue weighted by Crippen LogP contribution is 2.25. The zero-order valence-corrected chi connectivity index (χ0v) is 14.7. The first-order chi connectivity index (χ1) is 12.2. The molecule has 1 aliphatic rings. The fourth-order valence-electron chi connectivity index (χ4n) is 3.19. The molecular weight excluding hydrogens is 314 g/mol. The summed E-state index contributed by atoms with van der Waals surface area (Å²) in [7, 11) is 0. The van der Waals surface area contributed by atoms with Gasteiger partial charge in [-0.3, -0.25) is 0 Å². The summed E-state index contributed by atoms with van der Waals surface area (Å²) in [6.07, 6.45) is -0.0245. The van der Waals surface area contributed by atoms with Crippen molar-refractivity contribution in [2.24, 2.45) is 11.7 Å². The van der Waals surface area contributed by atoms with Crippen molar-refractivity contribution < 1.29 is 14.2 Å². The molecule has 1 aliphatic heterocycles. The van der Waals surface area contributed by atoms with Crippen LogP contribution in [0, 0.1) is 5.92 Å². The van der Waals surface area contributed by atoms with Gasteiger partial charge in [0.15, 0.2) is 0 Å². The van der Waals surface area contributed by atoms with Gasteiger partial charge in [0.1, 0.15) is 0 Å². The van der Waals surface area contributed by atoms with E-state index in [-0.39, 0.29) is 24.2 Å². The first-order valence-corrected chi connectivity index (χ1v) is 8.88. The number of hydrogen-bond acceptors (Lipinski definition) is 4. The molecule has 1 unspecified atom stereocenters. The van der Waals surface area contributed by atoms with Crippen molar-refractivity contribution >= 4 is 0 Å². The Hall–Kier alpha value is -1.72. The van der Waals surface area contributed by atoms with Gasteiger partial charge in [0.25, 0.3) is 0 Å². The molecule has 2 aromatic carbocycles. The highest BCUT2D eigenvalue weighted by atomic mass is 16.5. The number of ether oxygens (including phenoxy) is 3. The lowest BCUT2D eigenvalue weighted by atomic mass is 9.90. The van der Waals surface area contributed by atoms with Crippen LogP contribution in [0.2, 0.25) is 0 Å². The number of rotatable bonds is 7. The van der Waals surface area contributed by atoms with Crippen LogP contribution >= 0.6 is 0 Å². The van der Waals surface area contributed by atoms with Crippen molar-refractivity contribution in [2.45, 2.75) is 38.4 Å². The van der Waals surface area contributed by atoms with E-state index in [9.17, 15) is 0 Å². The molecule has 4 heteroatoms. The minimum absolute atomic E-state index is 0.00397. The average Bonchev–Trinajstić information content (AvgIpc) is 2.65. The Kier molecular flexibility index (Phi) is 6.59. The summed E-state index contributed by atoms with van der Waals surface area (Å²) < 4.78 is 17.9. The summed E-state index contributed by atoms with van der Waals surface area (Å²) >= 11 is 0. The standard InChI is InChI=1S/C21H27NO3/c1-16-20(15-23-12-17-8-4-2-5-9-17)24-14-19(22)21(16)25-13-18-10-6-3-7-11-18/h2-11,16,19-21H,12-15,22H2,1H3/t16-,19?,20+,21-/m0/s1. The molecular formula is C21H27NO3. The van der Waals surface area contributed by atoms with Gasteiger partial charge in [-0.1, -0.05) is 67.6 Å². The molecule has 134 valence electrons. The van der Waals surface area contributed by atoms with Gasteiger partial charge in [-0.05, 0) is 11.1 Å². The molecule has 0 spiro atoms. The highest BCUT2D eigenvalue weighted by Gasteiger charge is 2.36. The first-order valence-electron chi connectivity index (χ1n) is 8.88. The molecule has 2 N–H and O–H groups in total. The fourth-order valence-corrected chi connectivity index (χ4v) is 3.19. The minimum atomic E-state index is -0.107. The third kappa shape index (κ3) is 5.13. The van der Waals surface area contributed by atoms with Gasteiger partial charge >= 0.3 is 0 Å². The zero-order chi connectivity index (χ0) is 17.5. The van der Waals surface area contributed by atoms with E-state index in [0.29, 0.717) is 26.4 Å². The average molecular weight is 341 g/mol. The predicted molar refractivity (Wildman–Crippen MR) is 98.0 cm³/mol. The van der Waals surface area contributed by atoms with Crippen LogP contribution in [0.3, 0.4) is 0 Å². The Bertz CT molecular complexity index is 620. The van der Waals surface area contributed by atoms with Crippen molar-refractivity contribution in [3.05, 3.63) is 71.8 Å². The molecule has 0 radical (unpaired) electrons. The van der Waals surface area contributed by atoms with Crippen LogP contribution in [0.4, 0.5) is 0 Å². The van der Waals surface area contributed by atoms with E-state index in [1.807, 2.05) is 36.4 Å². The Labute approximate surface area is 149 Å². The summed E-state index contributed by atoms with van der Waals surface area (Å²) in [5.74, 6) is 0.184. The van der Waals surface area contributed by atoms with Crippen molar-refractivity contribution in [2.75, 3.05) is 13.2 Å². The minimum Gasteiger partial charge on any atom is -0.374 e. The number of benzene rings is 2. The van der Waals surface area contributed by atoms with Gasteiger partial charge in [-0.15, -0.1) is 0 Å². The largest absolute Gasteiger partial charge is 0.374 e. The van der Waals surface area contributed by atoms with Crippen LogP contribution in [0.5, 0.6) is 0 Å². The summed E-state index contributed by atoms with van der Waals surface area (Å²) in [5, 5.41) is 0. The molecule has 1 saturated heterocycles. The molecule has 0 aromatic heterocycles. The lowest BCUT2D eigenvalue weighted by molar-refractivity contribution is -0.147. The van der Waals surface area contributed by atoms with E-state index in [2.05, 4.69) is 31.2 Å². The van der Waals surface area contributed by atoms with E-state index in [1.54, 1.807) is 0 Å². The van der Waals surface area contributed by atoms with Crippen LogP contribution in [-0.2, 0) is 27.4 Å². The van der Waals surface area contributed by atoms with Gasteiger partial charge in [0.05, 0.1) is 44.7 Å². The van der Waals surface area contributed by atoms with Crippen LogP contribution in [0.15, 0.2) is 60.7 Å². The topological polar surface area (TPSA) is 53.7 Å². The van der Waals surface area contributed by atoms with Gasteiger partial charge in [-0.25, -0.2) is 0 Å². The fraction of sp³-hybridized carbons (Fsp3) is 0.429. The summed E-state index contributed by atoms with van der Waals surface area (Å²) in [4.78, 5) is 0. The molecule has 1 heterocycles. The molecule has 25 heavy (non-hydrogen) atoms. The van der Waals surface area contributed by atoms with E-state index in [1.165, 1.54) is 5.56 Å². The Morgan fingerprint density at radius 3 is 2.20 bits per heavy atom. The molecule has 4 atom stereocenters. The van der Waals surface area contributed by atoms with E-state index in [0.717, 1.165) is 5.56 Å². The van der Waals surface area contributed by atoms with Crippen molar-refractivity contribution in [1.82, 2.24) is 0 Å². The maximum atomic E-state index is 6.22. The second kappa shape index (κ2) is 9.11. The number of hydrogen-bond donors (Lipinski definition) is 1. The Balaban J connectivity index is 1.50. The van der Waals surface area contributed by atoms with Crippen LogP contribution in [0.1, 0.15) is 18.1 Å². The lowest BCUT2D eigenvalue weighted by Gasteiger charge is -2.39. The molecule has 2 aromatic rings. The lowest BCUT2D eigenvalue weighted by Crippen LogP contribution is -2.54. The quantitative estimate of drug-likeness (QED) is 0.840. The summed E-state index contributed by atoms with van der Waals surface area (Å²) in [6, 6.07) is 20.2. The third-order valence-electron chi connectivity index (χ3n) is 4.71. The second-order valence-corrected chi connectivity index (χ2v) is 6.66. The maximum Gasteiger partial charge on any atom is 0.0860 e. The van der Waals surface area contributed by atoms with Gasteiger partial charge < -0.3 is 19.9 Å². The van der Waals surface area contributed by atoms with E-state index >= 15 is 0 Å². The highest BCUT2D eigenvalue weighted by molar-refractivity contribution is 5.14. The molecule has 0 amide bonds. The van der Waals surface area contributed by atoms with Gasteiger partial charge in [0.2, 0.25) is 0 Å². The van der Waals surface area contributed by atoms with E-state index in [4.69, 9.17) is 19.9 Å². The Morgan fingerprint density at radius 1 is 0.960 bits per heavy atom. The monoisotopic (exact) mass is 341 g/mol. The maximum absolute atomic E-state index is 6.22.